The second-order valence-electron chi connectivity index (χ2n) is 2.84. The number of nitrogens with one attached hydrogen (secondary N) is 1. The third-order valence-electron chi connectivity index (χ3n) is 1.84. The van der Waals surface area contributed by atoms with Crippen LogP contribution in [-0.2, 0) is 9.53 Å². The molecule has 5 nitrogen and oxygen atoms in total. The molecule has 1 rings (SSSR count). The lowest BCUT2D eigenvalue weighted by Crippen LogP contribution is -2.26. The average molecular weight is 229 g/mol. The molecule has 0 aromatic carbocycles. The summed E-state index contributed by atoms with van der Waals surface area (Å²) >= 11 is 1.06. The highest BCUT2D eigenvalue weighted by Gasteiger charge is 2.17. The first-order chi connectivity index (χ1) is 7.06. The number of carbonyl (C=O) groups excluding carboxylic acids is 1. The maximum absolute atomic E-state index is 11.4. The first kappa shape index (κ1) is 11.7. The molecule has 2 N–H and O–H groups in total. The number of hydrogen-bond donors (Lipinski definition) is 2. The Morgan fingerprint density at radius 1 is 1.60 bits per heavy atom. The summed E-state index contributed by atoms with van der Waals surface area (Å²) in [6.45, 7) is 1.59. The fourth-order valence-electron chi connectivity index (χ4n) is 0.915. The van der Waals surface area contributed by atoms with Crippen LogP contribution in [-0.4, -0.2) is 30.2 Å². The molecule has 0 aliphatic carbocycles. The zero-order chi connectivity index (χ0) is 11.4. The van der Waals surface area contributed by atoms with Crippen LogP contribution in [0.3, 0.4) is 0 Å². The van der Waals surface area contributed by atoms with Crippen LogP contribution in [0, 0.1) is 0 Å². The number of carbonyl (C=O) groups is 2. The van der Waals surface area contributed by atoms with Crippen molar-refractivity contribution in [1.82, 2.24) is 0 Å². The van der Waals surface area contributed by atoms with Crippen LogP contribution < -0.4 is 5.32 Å². The van der Waals surface area contributed by atoms with Gasteiger partial charge in [-0.15, -0.1) is 11.3 Å². The summed E-state index contributed by atoms with van der Waals surface area (Å²) in [4.78, 5) is 22.2. The van der Waals surface area contributed by atoms with Gasteiger partial charge in [0.2, 0.25) is 0 Å². The summed E-state index contributed by atoms with van der Waals surface area (Å²) < 4.78 is 4.81. The van der Waals surface area contributed by atoms with Gasteiger partial charge in [0, 0.05) is 7.11 Å². The summed E-state index contributed by atoms with van der Waals surface area (Å²) in [7, 11) is 1.41. The minimum Gasteiger partial charge on any atom is -0.477 e. The SMILES string of the molecule is COC(C)C(=O)Nc1ccsc1C(=O)O. The van der Waals surface area contributed by atoms with Crippen molar-refractivity contribution in [3.05, 3.63) is 16.3 Å². The van der Waals surface area contributed by atoms with Gasteiger partial charge in [-0.3, -0.25) is 4.79 Å². The zero-order valence-electron chi connectivity index (χ0n) is 8.31. The predicted octanol–water partition coefficient (Wildman–Crippen LogP) is 1.42. The molecule has 1 aromatic heterocycles. The minimum atomic E-state index is -1.05. The second-order valence-corrected chi connectivity index (χ2v) is 3.75. The van der Waals surface area contributed by atoms with Gasteiger partial charge in [0.15, 0.2) is 0 Å². The van der Waals surface area contributed by atoms with Gasteiger partial charge in [0.1, 0.15) is 11.0 Å². The van der Waals surface area contributed by atoms with Crippen LogP contribution in [0.2, 0.25) is 0 Å². The number of carboxylic acid groups (broad SMARTS) is 1. The number of methoxy groups -OCH3 is 1. The molecule has 6 heteroatoms. The van der Waals surface area contributed by atoms with Crippen molar-refractivity contribution in [2.24, 2.45) is 0 Å². The van der Waals surface area contributed by atoms with E-state index >= 15 is 0 Å². The number of hydrogen-bond acceptors (Lipinski definition) is 4. The normalized spacial score (nSPS) is 12.1. The van der Waals surface area contributed by atoms with Gasteiger partial charge in [-0.05, 0) is 18.4 Å². The summed E-state index contributed by atoms with van der Waals surface area (Å²) in [6.07, 6.45) is -0.605. The second kappa shape index (κ2) is 4.90. The largest absolute Gasteiger partial charge is 0.477 e. The molecule has 1 unspecified atom stereocenters. The molecule has 0 radical (unpaired) electrons. The Bertz CT molecular complexity index is 374. The third-order valence-corrected chi connectivity index (χ3v) is 2.74. The van der Waals surface area contributed by atoms with Crippen molar-refractivity contribution in [2.45, 2.75) is 13.0 Å². The highest BCUT2D eigenvalue weighted by molar-refractivity contribution is 7.12. The standard InChI is InChI=1S/C9H11NO4S/c1-5(14-2)8(11)10-6-3-4-15-7(6)9(12)13/h3-5H,1-2H3,(H,10,11)(H,12,13). The van der Waals surface area contributed by atoms with E-state index in [1.54, 1.807) is 18.4 Å². The molecule has 0 saturated carbocycles. The van der Waals surface area contributed by atoms with Crippen LogP contribution in [0.4, 0.5) is 5.69 Å². The molecule has 0 aliphatic heterocycles. The molecule has 0 bridgehead atoms. The van der Waals surface area contributed by atoms with Crippen LogP contribution in [0.1, 0.15) is 16.6 Å². The predicted molar refractivity (Wildman–Crippen MR) is 56.4 cm³/mol. The Kier molecular flexibility index (Phi) is 3.81. The van der Waals surface area contributed by atoms with E-state index in [-0.39, 0.29) is 10.8 Å². The molecule has 0 saturated heterocycles. The van der Waals surface area contributed by atoms with Gasteiger partial charge in [-0.1, -0.05) is 0 Å². The maximum Gasteiger partial charge on any atom is 0.348 e. The first-order valence-corrected chi connectivity index (χ1v) is 5.08. The van der Waals surface area contributed by atoms with Crippen molar-refractivity contribution in [3.8, 4) is 0 Å². The molecule has 15 heavy (non-hydrogen) atoms. The fraction of sp³-hybridized carbons (Fsp3) is 0.333. The lowest BCUT2D eigenvalue weighted by molar-refractivity contribution is -0.124. The van der Waals surface area contributed by atoms with Gasteiger partial charge in [0.25, 0.3) is 5.91 Å². The van der Waals surface area contributed by atoms with Crippen LogP contribution in [0.5, 0.6) is 0 Å². The van der Waals surface area contributed by atoms with E-state index < -0.39 is 12.1 Å². The van der Waals surface area contributed by atoms with Crippen molar-refractivity contribution >= 4 is 28.9 Å². The Labute approximate surface area is 90.7 Å². The third kappa shape index (κ3) is 2.77. The number of carboxylic acids is 1. The lowest BCUT2D eigenvalue weighted by Gasteiger charge is -2.09. The van der Waals surface area contributed by atoms with Gasteiger partial charge < -0.3 is 15.2 Å². The molecule has 82 valence electrons. The molecule has 0 fully saturated rings. The van der Waals surface area contributed by atoms with Gasteiger partial charge in [-0.25, -0.2) is 4.79 Å². The molecule has 1 aromatic rings. The molecule has 1 atom stereocenters. The summed E-state index contributed by atoms with van der Waals surface area (Å²) in [6, 6.07) is 1.55. The highest BCUT2D eigenvalue weighted by atomic mass is 32.1. The van der Waals surface area contributed by atoms with Crippen LogP contribution in [0.15, 0.2) is 11.4 Å². The molecule has 1 heterocycles. The lowest BCUT2D eigenvalue weighted by atomic mass is 10.3. The summed E-state index contributed by atoms with van der Waals surface area (Å²) in [5, 5.41) is 12.9. The van der Waals surface area contributed by atoms with Crippen molar-refractivity contribution in [3.63, 3.8) is 0 Å². The van der Waals surface area contributed by atoms with E-state index in [0.29, 0.717) is 5.69 Å². The molecular formula is C9H11NO4S. The number of amides is 1. The van der Waals surface area contributed by atoms with E-state index in [2.05, 4.69) is 5.32 Å². The maximum atomic E-state index is 11.4. The van der Waals surface area contributed by atoms with Crippen LogP contribution in [0.25, 0.3) is 0 Å². The smallest absolute Gasteiger partial charge is 0.348 e. The van der Waals surface area contributed by atoms with Gasteiger partial charge in [-0.2, -0.15) is 0 Å². The van der Waals surface area contributed by atoms with E-state index in [1.165, 1.54) is 7.11 Å². The van der Waals surface area contributed by atoms with Gasteiger partial charge >= 0.3 is 5.97 Å². The Morgan fingerprint density at radius 3 is 2.80 bits per heavy atom. The number of anilines is 1. The number of rotatable bonds is 4. The van der Waals surface area contributed by atoms with Crippen molar-refractivity contribution < 1.29 is 19.4 Å². The van der Waals surface area contributed by atoms with Crippen LogP contribution >= 0.6 is 11.3 Å². The van der Waals surface area contributed by atoms with E-state index in [1.807, 2.05) is 0 Å². The highest BCUT2D eigenvalue weighted by Crippen LogP contribution is 2.22. The molecule has 0 aliphatic rings. The quantitative estimate of drug-likeness (QED) is 0.818. The summed E-state index contributed by atoms with van der Waals surface area (Å²) in [5.41, 5.74) is 0.307. The first-order valence-electron chi connectivity index (χ1n) is 4.20. The number of aromatic carboxylic acids is 1. The van der Waals surface area contributed by atoms with Crippen molar-refractivity contribution in [1.29, 1.82) is 0 Å². The van der Waals surface area contributed by atoms with E-state index in [9.17, 15) is 9.59 Å². The Hall–Kier alpha value is -1.40. The average Bonchev–Trinajstić information content (AvgIpc) is 2.64. The monoisotopic (exact) mass is 229 g/mol. The minimum absolute atomic E-state index is 0.117. The fourth-order valence-corrected chi connectivity index (χ4v) is 1.60. The molecular weight excluding hydrogens is 218 g/mol. The van der Waals surface area contributed by atoms with E-state index in [0.717, 1.165) is 11.3 Å². The van der Waals surface area contributed by atoms with Crippen molar-refractivity contribution in [2.75, 3.05) is 12.4 Å². The van der Waals surface area contributed by atoms with E-state index in [4.69, 9.17) is 9.84 Å². The number of ether oxygens (including phenoxy) is 1. The zero-order valence-corrected chi connectivity index (χ0v) is 9.13. The summed E-state index contributed by atoms with van der Waals surface area (Å²) in [5.74, 6) is -1.41. The van der Waals surface area contributed by atoms with Gasteiger partial charge in [0.05, 0.1) is 5.69 Å². The topological polar surface area (TPSA) is 75.6 Å². The number of thiophene rings is 1. The Morgan fingerprint density at radius 2 is 2.27 bits per heavy atom. The Balaban J connectivity index is 2.76. The molecule has 0 spiro atoms. The molecule has 1 amide bonds.